The van der Waals surface area contributed by atoms with E-state index in [1.165, 1.54) is 5.69 Å². The van der Waals surface area contributed by atoms with Crippen LogP contribution in [0.25, 0.3) is 0 Å². The lowest BCUT2D eigenvalue weighted by molar-refractivity contribution is 0.0591. The van der Waals surface area contributed by atoms with E-state index in [1.54, 1.807) is 0 Å². The van der Waals surface area contributed by atoms with Gasteiger partial charge in [0.05, 0.1) is 17.0 Å². The molecular formula is C16H20ClN3O2. The molecule has 0 fully saturated rings. The van der Waals surface area contributed by atoms with Gasteiger partial charge in [0, 0.05) is 32.4 Å². The van der Waals surface area contributed by atoms with Gasteiger partial charge in [-0.2, -0.15) is 0 Å². The average Bonchev–Trinajstić information content (AvgIpc) is 2.96. The van der Waals surface area contributed by atoms with E-state index in [9.17, 15) is 5.11 Å². The molecule has 1 atom stereocenters. The van der Waals surface area contributed by atoms with Gasteiger partial charge in [0.15, 0.2) is 0 Å². The summed E-state index contributed by atoms with van der Waals surface area (Å²) in [7, 11) is 0. The first-order valence-electron chi connectivity index (χ1n) is 7.40. The van der Waals surface area contributed by atoms with Crippen LogP contribution in [0.15, 0.2) is 30.7 Å². The Hall–Kier alpha value is -1.56. The van der Waals surface area contributed by atoms with E-state index in [0.717, 1.165) is 25.2 Å². The van der Waals surface area contributed by atoms with Crippen LogP contribution < -0.4 is 4.74 Å². The summed E-state index contributed by atoms with van der Waals surface area (Å²) in [5, 5.41) is 10.8. The summed E-state index contributed by atoms with van der Waals surface area (Å²) < 4.78 is 7.79. The molecule has 1 unspecified atom stereocenters. The molecule has 5 nitrogen and oxygen atoms in total. The van der Waals surface area contributed by atoms with Crippen molar-refractivity contribution in [2.75, 3.05) is 19.7 Å². The van der Waals surface area contributed by atoms with Crippen molar-refractivity contribution in [2.24, 2.45) is 0 Å². The molecule has 0 spiro atoms. The molecule has 22 heavy (non-hydrogen) atoms. The summed E-state index contributed by atoms with van der Waals surface area (Å²) in [5.41, 5.74) is 2.26. The van der Waals surface area contributed by atoms with E-state index >= 15 is 0 Å². The van der Waals surface area contributed by atoms with Crippen molar-refractivity contribution in [1.82, 2.24) is 14.5 Å². The first-order chi connectivity index (χ1) is 10.6. The molecule has 2 aromatic rings. The van der Waals surface area contributed by atoms with E-state index < -0.39 is 6.10 Å². The van der Waals surface area contributed by atoms with Crippen molar-refractivity contribution >= 4 is 11.6 Å². The molecule has 0 saturated carbocycles. The Morgan fingerprint density at radius 1 is 1.41 bits per heavy atom. The highest BCUT2D eigenvalue weighted by Gasteiger charge is 2.19. The van der Waals surface area contributed by atoms with E-state index in [4.69, 9.17) is 16.3 Å². The lowest BCUT2D eigenvalue weighted by atomic mass is 10.2. The summed E-state index contributed by atoms with van der Waals surface area (Å²) in [6, 6.07) is 5.63. The Labute approximate surface area is 135 Å². The summed E-state index contributed by atoms with van der Waals surface area (Å²) in [6.45, 7) is 5.42. The summed E-state index contributed by atoms with van der Waals surface area (Å²) in [6.07, 6.45) is 3.18. The van der Waals surface area contributed by atoms with Crippen LogP contribution in [0.5, 0.6) is 5.75 Å². The zero-order valence-electron chi connectivity index (χ0n) is 12.6. The van der Waals surface area contributed by atoms with Gasteiger partial charge < -0.3 is 14.4 Å². The Morgan fingerprint density at radius 2 is 2.27 bits per heavy atom. The number of halogens is 1. The maximum absolute atomic E-state index is 10.2. The Kier molecular flexibility index (Phi) is 4.66. The number of benzene rings is 1. The maximum Gasteiger partial charge on any atom is 0.138 e. The minimum atomic E-state index is -0.550. The second kappa shape index (κ2) is 6.69. The number of hydrogen-bond acceptors (Lipinski definition) is 4. The highest BCUT2D eigenvalue weighted by Crippen LogP contribution is 2.25. The minimum absolute atomic E-state index is 0.235. The molecule has 1 aliphatic heterocycles. The second-order valence-electron chi connectivity index (χ2n) is 5.71. The van der Waals surface area contributed by atoms with Crippen molar-refractivity contribution in [3.63, 3.8) is 0 Å². The molecule has 2 heterocycles. The topological polar surface area (TPSA) is 50.5 Å². The molecule has 0 radical (unpaired) electrons. The van der Waals surface area contributed by atoms with E-state index in [1.807, 2.05) is 37.6 Å². The largest absolute Gasteiger partial charge is 0.489 e. The first kappa shape index (κ1) is 15.3. The second-order valence-corrected chi connectivity index (χ2v) is 6.12. The van der Waals surface area contributed by atoms with Crippen molar-refractivity contribution in [3.8, 4) is 5.75 Å². The van der Waals surface area contributed by atoms with Crippen LogP contribution in [-0.2, 0) is 13.1 Å². The van der Waals surface area contributed by atoms with Crippen molar-refractivity contribution in [2.45, 2.75) is 26.1 Å². The van der Waals surface area contributed by atoms with Gasteiger partial charge in [-0.05, 0) is 24.6 Å². The fraction of sp³-hybridized carbons (Fsp3) is 0.438. The molecular weight excluding hydrogens is 302 g/mol. The van der Waals surface area contributed by atoms with Gasteiger partial charge in [-0.25, -0.2) is 4.98 Å². The van der Waals surface area contributed by atoms with Gasteiger partial charge in [-0.3, -0.25) is 4.90 Å². The third kappa shape index (κ3) is 3.61. The number of imidazole rings is 1. The fourth-order valence-electron chi connectivity index (χ4n) is 2.65. The van der Waals surface area contributed by atoms with Crippen LogP contribution in [0.4, 0.5) is 0 Å². The van der Waals surface area contributed by atoms with E-state index in [-0.39, 0.29) is 6.61 Å². The molecule has 1 aliphatic rings. The minimum Gasteiger partial charge on any atom is -0.489 e. The summed E-state index contributed by atoms with van der Waals surface area (Å²) in [5.74, 6) is 0.623. The standard InChI is InChI=1S/C16H20ClN3O2/c1-12-2-3-15(17)16(6-12)22-10-14(21)9-19-4-5-20-11-18-7-13(20)8-19/h2-3,6-7,11,14,21H,4-5,8-10H2,1H3. The third-order valence-corrected chi connectivity index (χ3v) is 4.14. The number of rotatable bonds is 5. The number of nitrogens with zero attached hydrogens (tertiary/aromatic N) is 3. The van der Waals surface area contributed by atoms with Crippen LogP contribution >= 0.6 is 11.6 Å². The van der Waals surface area contributed by atoms with Gasteiger partial charge in [-0.15, -0.1) is 0 Å². The van der Waals surface area contributed by atoms with Gasteiger partial charge in [0.1, 0.15) is 18.5 Å². The highest BCUT2D eigenvalue weighted by molar-refractivity contribution is 6.32. The Balaban J connectivity index is 1.51. The molecule has 3 rings (SSSR count). The average molecular weight is 322 g/mol. The predicted molar refractivity (Wildman–Crippen MR) is 85.2 cm³/mol. The quantitative estimate of drug-likeness (QED) is 0.916. The molecule has 0 amide bonds. The van der Waals surface area contributed by atoms with Gasteiger partial charge in [-0.1, -0.05) is 17.7 Å². The number of ether oxygens (including phenoxy) is 1. The van der Waals surface area contributed by atoms with Crippen LogP contribution in [0.1, 0.15) is 11.3 Å². The van der Waals surface area contributed by atoms with Gasteiger partial charge in [0.25, 0.3) is 0 Å². The van der Waals surface area contributed by atoms with E-state index in [0.29, 0.717) is 17.3 Å². The molecule has 118 valence electrons. The first-order valence-corrected chi connectivity index (χ1v) is 7.78. The smallest absolute Gasteiger partial charge is 0.138 e. The van der Waals surface area contributed by atoms with Crippen molar-refractivity contribution in [1.29, 1.82) is 0 Å². The zero-order valence-corrected chi connectivity index (χ0v) is 13.3. The summed E-state index contributed by atoms with van der Waals surface area (Å²) >= 11 is 6.09. The zero-order chi connectivity index (χ0) is 15.5. The number of β-amino-alcohol motifs (C(OH)–C–C–N with tert-alkyl or cyclic N) is 1. The number of hydrogen-bond donors (Lipinski definition) is 1. The normalized spacial score (nSPS) is 16.3. The molecule has 6 heteroatoms. The third-order valence-electron chi connectivity index (χ3n) is 3.83. The molecule has 0 aliphatic carbocycles. The molecule has 0 saturated heterocycles. The van der Waals surface area contributed by atoms with Crippen LogP contribution in [0, 0.1) is 6.92 Å². The van der Waals surface area contributed by atoms with E-state index in [2.05, 4.69) is 14.5 Å². The SMILES string of the molecule is Cc1ccc(Cl)c(OCC(O)CN2CCn3cncc3C2)c1. The Morgan fingerprint density at radius 3 is 3.14 bits per heavy atom. The van der Waals surface area contributed by atoms with Crippen molar-refractivity contribution < 1.29 is 9.84 Å². The summed E-state index contributed by atoms with van der Waals surface area (Å²) in [4.78, 5) is 6.36. The number of aryl methyl sites for hydroxylation is 1. The lowest BCUT2D eigenvalue weighted by Crippen LogP contribution is -2.40. The molecule has 1 aromatic carbocycles. The number of fused-ring (bicyclic) bond motifs is 1. The molecule has 1 N–H and O–H groups in total. The van der Waals surface area contributed by atoms with Gasteiger partial charge >= 0.3 is 0 Å². The highest BCUT2D eigenvalue weighted by atomic mass is 35.5. The Bertz CT molecular complexity index is 644. The monoisotopic (exact) mass is 321 g/mol. The molecule has 1 aromatic heterocycles. The lowest BCUT2D eigenvalue weighted by Gasteiger charge is -2.29. The number of aliphatic hydroxyl groups excluding tert-OH is 1. The van der Waals surface area contributed by atoms with Crippen LogP contribution in [0.3, 0.4) is 0 Å². The number of aliphatic hydroxyl groups is 1. The molecule has 0 bridgehead atoms. The predicted octanol–water partition coefficient (Wildman–Crippen LogP) is 2.10. The van der Waals surface area contributed by atoms with Crippen LogP contribution in [0.2, 0.25) is 5.02 Å². The number of aromatic nitrogens is 2. The van der Waals surface area contributed by atoms with Gasteiger partial charge in [0.2, 0.25) is 0 Å². The maximum atomic E-state index is 10.2. The van der Waals surface area contributed by atoms with Crippen LogP contribution in [-0.4, -0.2) is 45.4 Å². The fourth-order valence-corrected chi connectivity index (χ4v) is 2.82. The van der Waals surface area contributed by atoms with Crippen molar-refractivity contribution in [3.05, 3.63) is 47.0 Å².